The Hall–Kier alpha value is -1.08. The summed E-state index contributed by atoms with van der Waals surface area (Å²) in [5.41, 5.74) is 0. The molecule has 0 saturated heterocycles. The van der Waals surface area contributed by atoms with Crippen LogP contribution in [0.25, 0.3) is 0 Å². The standard InChI is InChI=1S/C26H46O/c1-5-7-9-11-13-15-17-19-21-23-25(3)27-26(4)24-22-20-18-16-14-12-10-8-6-2/h9-16,25-26H,5-8,17-24H2,1-4H3/b11-9+,12-10+,15-13+,16-14+. The first-order chi connectivity index (χ1) is 13.2. The Balaban J connectivity index is 3.54. The second-order valence-corrected chi connectivity index (χ2v) is 7.62. The summed E-state index contributed by atoms with van der Waals surface area (Å²) in [4.78, 5) is 0. The van der Waals surface area contributed by atoms with Gasteiger partial charge in [0.1, 0.15) is 0 Å². The van der Waals surface area contributed by atoms with Gasteiger partial charge in [0.25, 0.3) is 0 Å². The molecule has 0 fully saturated rings. The Morgan fingerprint density at radius 1 is 0.556 bits per heavy atom. The number of unbranched alkanes of at least 4 members (excludes halogenated alkanes) is 6. The molecule has 156 valence electrons. The van der Waals surface area contributed by atoms with Gasteiger partial charge >= 0.3 is 0 Å². The maximum Gasteiger partial charge on any atom is 0.0550 e. The first kappa shape index (κ1) is 25.9. The molecule has 1 nitrogen and oxygen atoms in total. The van der Waals surface area contributed by atoms with Gasteiger partial charge in [-0.3, -0.25) is 0 Å². The number of hydrogen-bond acceptors (Lipinski definition) is 1. The fourth-order valence-electron chi connectivity index (χ4n) is 2.95. The third kappa shape index (κ3) is 21.1. The molecule has 0 saturated carbocycles. The van der Waals surface area contributed by atoms with Crippen LogP contribution >= 0.6 is 0 Å². The van der Waals surface area contributed by atoms with Crippen molar-refractivity contribution < 1.29 is 4.74 Å². The number of hydrogen-bond donors (Lipinski definition) is 0. The summed E-state index contributed by atoms with van der Waals surface area (Å²) in [5, 5.41) is 0. The topological polar surface area (TPSA) is 9.23 Å². The van der Waals surface area contributed by atoms with E-state index in [0.717, 1.165) is 0 Å². The molecule has 0 bridgehead atoms. The molecule has 0 heterocycles. The third-order valence-corrected chi connectivity index (χ3v) is 4.60. The third-order valence-electron chi connectivity index (χ3n) is 4.60. The van der Waals surface area contributed by atoms with Crippen molar-refractivity contribution in [2.45, 2.75) is 117 Å². The SMILES string of the molecule is CCC/C=C/C=C/CCCCC(C)OC(C)CCCC/C=C/C=C/CCC. The van der Waals surface area contributed by atoms with E-state index in [1.807, 2.05) is 0 Å². The molecule has 2 atom stereocenters. The molecule has 0 aliphatic rings. The van der Waals surface area contributed by atoms with Gasteiger partial charge < -0.3 is 4.74 Å². The van der Waals surface area contributed by atoms with Crippen LogP contribution in [-0.4, -0.2) is 12.2 Å². The van der Waals surface area contributed by atoms with Crippen molar-refractivity contribution >= 4 is 0 Å². The molecule has 0 amide bonds. The number of rotatable bonds is 18. The highest BCUT2D eigenvalue weighted by Crippen LogP contribution is 2.13. The summed E-state index contributed by atoms with van der Waals surface area (Å²) < 4.78 is 6.14. The summed E-state index contributed by atoms with van der Waals surface area (Å²) >= 11 is 0. The summed E-state index contributed by atoms with van der Waals surface area (Å²) in [6, 6.07) is 0. The highest BCUT2D eigenvalue weighted by Gasteiger charge is 2.08. The van der Waals surface area contributed by atoms with Crippen molar-refractivity contribution in [1.82, 2.24) is 0 Å². The second-order valence-electron chi connectivity index (χ2n) is 7.62. The predicted molar refractivity (Wildman–Crippen MR) is 123 cm³/mol. The van der Waals surface area contributed by atoms with Crippen molar-refractivity contribution in [3.05, 3.63) is 48.6 Å². The van der Waals surface area contributed by atoms with Crippen LogP contribution in [0.2, 0.25) is 0 Å². The maximum absolute atomic E-state index is 6.14. The lowest BCUT2D eigenvalue weighted by Gasteiger charge is -2.19. The first-order valence-electron chi connectivity index (χ1n) is 11.5. The molecule has 27 heavy (non-hydrogen) atoms. The Morgan fingerprint density at radius 2 is 0.926 bits per heavy atom. The van der Waals surface area contributed by atoms with Gasteiger partial charge in [-0.1, -0.05) is 88.1 Å². The molecular formula is C26H46O. The average molecular weight is 375 g/mol. The van der Waals surface area contributed by atoms with Crippen LogP contribution in [0.5, 0.6) is 0 Å². The first-order valence-corrected chi connectivity index (χ1v) is 11.5. The molecule has 1 heteroatoms. The largest absolute Gasteiger partial charge is 0.376 e. The zero-order valence-corrected chi connectivity index (χ0v) is 18.7. The van der Waals surface area contributed by atoms with Crippen molar-refractivity contribution in [1.29, 1.82) is 0 Å². The summed E-state index contributed by atoms with van der Waals surface area (Å²) in [6.07, 6.45) is 33.2. The minimum Gasteiger partial charge on any atom is -0.376 e. The lowest BCUT2D eigenvalue weighted by molar-refractivity contribution is -0.00211. The van der Waals surface area contributed by atoms with E-state index in [0.29, 0.717) is 12.2 Å². The van der Waals surface area contributed by atoms with E-state index >= 15 is 0 Å². The smallest absolute Gasteiger partial charge is 0.0550 e. The van der Waals surface area contributed by atoms with E-state index in [-0.39, 0.29) is 0 Å². The number of ether oxygens (including phenoxy) is 1. The zero-order valence-electron chi connectivity index (χ0n) is 18.7. The van der Waals surface area contributed by atoms with E-state index in [2.05, 4.69) is 76.3 Å². The molecule has 0 radical (unpaired) electrons. The minimum absolute atomic E-state index is 0.386. The summed E-state index contributed by atoms with van der Waals surface area (Å²) in [7, 11) is 0. The van der Waals surface area contributed by atoms with Crippen LogP contribution < -0.4 is 0 Å². The fraction of sp³-hybridized carbons (Fsp3) is 0.692. The van der Waals surface area contributed by atoms with Crippen molar-refractivity contribution in [3.8, 4) is 0 Å². The molecular weight excluding hydrogens is 328 g/mol. The molecule has 0 aromatic rings. The van der Waals surface area contributed by atoms with Gasteiger partial charge in [-0.25, -0.2) is 0 Å². The van der Waals surface area contributed by atoms with Gasteiger partial charge in [0.2, 0.25) is 0 Å². The summed E-state index contributed by atoms with van der Waals surface area (Å²) in [5.74, 6) is 0. The van der Waals surface area contributed by atoms with Crippen molar-refractivity contribution in [2.75, 3.05) is 0 Å². The Bertz CT molecular complexity index is 364. The van der Waals surface area contributed by atoms with Crippen LogP contribution in [0.1, 0.15) is 105 Å². The van der Waals surface area contributed by atoms with Crippen LogP contribution in [0.15, 0.2) is 48.6 Å². The lowest BCUT2D eigenvalue weighted by Crippen LogP contribution is -2.17. The molecule has 0 aliphatic heterocycles. The molecule has 0 aromatic carbocycles. The minimum atomic E-state index is 0.386. The van der Waals surface area contributed by atoms with E-state index in [1.165, 1.54) is 77.0 Å². The molecule has 0 spiro atoms. The predicted octanol–water partition coefficient (Wildman–Crippen LogP) is 8.73. The molecule has 0 rings (SSSR count). The van der Waals surface area contributed by atoms with E-state index in [9.17, 15) is 0 Å². The van der Waals surface area contributed by atoms with Gasteiger partial charge in [0.05, 0.1) is 12.2 Å². The molecule has 0 aromatic heterocycles. The Morgan fingerprint density at radius 3 is 1.30 bits per heavy atom. The molecule has 2 unspecified atom stereocenters. The maximum atomic E-state index is 6.14. The van der Waals surface area contributed by atoms with Gasteiger partial charge in [-0.05, 0) is 65.2 Å². The highest BCUT2D eigenvalue weighted by molar-refractivity contribution is 5.02. The monoisotopic (exact) mass is 374 g/mol. The van der Waals surface area contributed by atoms with Crippen LogP contribution in [0, 0.1) is 0 Å². The van der Waals surface area contributed by atoms with Crippen molar-refractivity contribution in [3.63, 3.8) is 0 Å². The van der Waals surface area contributed by atoms with E-state index in [1.54, 1.807) is 0 Å². The zero-order chi connectivity index (χ0) is 20.0. The van der Waals surface area contributed by atoms with Gasteiger partial charge in [0.15, 0.2) is 0 Å². The molecule has 0 aliphatic carbocycles. The molecule has 0 N–H and O–H groups in total. The highest BCUT2D eigenvalue weighted by atomic mass is 16.5. The van der Waals surface area contributed by atoms with E-state index < -0.39 is 0 Å². The van der Waals surface area contributed by atoms with Crippen molar-refractivity contribution in [2.24, 2.45) is 0 Å². The Kier molecular flexibility index (Phi) is 20.4. The second kappa shape index (κ2) is 21.2. The fourth-order valence-corrected chi connectivity index (χ4v) is 2.95. The summed E-state index contributed by atoms with van der Waals surface area (Å²) in [6.45, 7) is 8.88. The van der Waals surface area contributed by atoms with Gasteiger partial charge in [-0.15, -0.1) is 0 Å². The number of allylic oxidation sites excluding steroid dienone is 8. The lowest BCUT2D eigenvalue weighted by atomic mass is 10.1. The average Bonchev–Trinajstić information content (AvgIpc) is 2.65. The van der Waals surface area contributed by atoms with Crippen LogP contribution in [0.4, 0.5) is 0 Å². The van der Waals surface area contributed by atoms with E-state index in [4.69, 9.17) is 4.74 Å². The normalized spacial score (nSPS) is 15.0. The Labute approximate surface area is 170 Å². The van der Waals surface area contributed by atoms with Crippen LogP contribution in [-0.2, 0) is 4.74 Å². The van der Waals surface area contributed by atoms with Crippen LogP contribution in [0.3, 0.4) is 0 Å². The van der Waals surface area contributed by atoms with Gasteiger partial charge in [-0.2, -0.15) is 0 Å². The van der Waals surface area contributed by atoms with Gasteiger partial charge in [0, 0.05) is 0 Å². The quantitative estimate of drug-likeness (QED) is 0.172.